The molecule has 2 aromatic rings. The minimum Gasteiger partial charge on any atom is -0.454 e. The zero-order valence-electron chi connectivity index (χ0n) is 19.3. The molecule has 2 aliphatic rings. The van der Waals surface area contributed by atoms with Gasteiger partial charge in [0.25, 0.3) is 0 Å². The topological polar surface area (TPSA) is 85.7 Å². The van der Waals surface area contributed by atoms with Crippen LogP contribution in [0.2, 0.25) is 0 Å². The van der Waals surface area contributed by atoms with E-state index in [0.29, 0.717) is 55.5 Å². The predicted octanol–water partition coefficient (Wildman–Crippen LogP) is 3.30. The van der Waals surface area contributed by atoms with Crippen LogP contribution in [0.4, 0.5) is 5.69 Å². The van der Waals surface area contributed by atoms with Crippen LogP contribution in [0.5, 0.6) is 11.5 Å². The van der Waals surface area contributed by atoms with Gasteiger partial charge in [0.05, 0.1) is 12.1 Å². The normalized spacial score (nSPS) is 16.0. The number of piperidine rings is 1. The Balaban J connectivity index is 1.30. The van der Waals surface area contributed by atoms with Crippen molar-refractivity contribution >= 4 is 17.5 Å². The molecular weight excluding hydrogens is 408 g/mol. The van der Waals surface area contributed by atoms with Crippen molar-refractivity contribution in [3.63, 3.8) is 0 Å². The SMILES string of the molecule is Cc1nn(CC(C)C)c(C)c1CC(=O)N1CCC(C(=O)Nc2ccc3c(c2)OCO3)CC1. The van der Waals surface area contributed by atoms with E-state index in [1.165, 1.54) is 0 Å². The molecule has 32 heavy (non-hydrogen) atoms. The second-order valence-electron chi connectivity index (χ2n) is 9.11. The molecule has 1 aromatic heterocycles. The number of hydrogen-bond donors (Lipinski definition) is 1. The Morgan fingerprint density at radius 3 is 2.59 bits per heavy atom. The quantitative estimate of drug-likeness (QED) is 0.745. The van der Waals surface area contributed by atoms with E-state index in [1.54, 1.807) is 12.1 Å². The molecule has 0 unspecified atom stereocenters. The third-order valence-corrected chi connectivity index (χ3v) is 6.26. The van der Waals surface area contributed by atoms with Crippen LogP contribution in [0.1, 0.15) is 43.6 Å². The lowest BCUT2D eigenvalue weighted by Crippen LogP contribution is -2.42. The summed E-state index contributed by atoms with van der Waals surface area (Å²) >= 11 is 0. The molecule has 8 heteroatoms. The minimum atomic E-state index is -0.110. The Morgan fingerprint density at radius 2 is 1.88 bits per heavy atom. The van der Waals surface area contributed by atoms with E-state index >= 15 is 0 Å². The van der Waals surface area contributed by atoms with Gasteiger partial charge in [-0.2, -0.15) is 5.10 Å². The van der Waals surface area contributed by atoms with Crippen LogP contribution in [0, 0.1) is 25.7 Å². The minimum absolute atomic E-state index is 0.0161. The highest BCUT2D eigenvalue weighted by atomic mass is 16.7. The zero-order valence-corrected chi connectivity index (χ0v) is 19.3. The molecule has 0 aliphatic carbocycles. The number of amides is 2. The molecule has 2 aliphatic heterocycles. The average Bonchev–Trinajstić information content (AvgIpc) is 3.33. The summed E-state index contributed by atoms with van der Waals surface area (Å²) < 4.78 is 12.7. The third-order valence-electron chi connectivity index (χ3n) is 6.26. The Morgan fingerprint density at radius 1 is 1.16 bits per heavy atom. The van der Waals surface area contributed by atoms with E-state index in [4.69, 9.17) is 9.47 Å². The summed E-state index contributed by atoms with van der Waals surface area (Å²) in [5.41, 5.74) is 3.72. The Kier molecular flexibility index (Phi) is 6.39. The van der Waals surface area contributed by atoms with Gasteiger partial charge in [0.2, 0.25) is 18.6 Å². The highest BCUT2D eigenvalue weighted by Crippen LogP contribution is 2.34. The van der Waals surface area contributed by atoms with E-state index in [9.17, 15) is 9.59 Å². The number of nitrogens with one attached hydrogen (secondary N) is 1. The standard InChI is InChI=1S/C24H32N4O4/c1-15(2)13-28-17(4)20(16(3)26-28)12-23(29)27-9-7-18(8-10-27)24(30)25-19-5-6-21-22(11-19)32-14-31-21/h5-6,11,15,18H,7-10,12-14H2,1-4H3,(H,25,30). The van der Waals surface area contributed by atoms with Crippen molar-refractivity contribution in [3.05, 3.63) is 35.2 Å². The number of fused-ring (bicyclic) bond motifs is 1. The molecule has 0 saturated carbocycles. The summed E-state index contributed by atoms with van der Waals surface area (Å²) in [6.07, 6.45) is 1.68. The molecular formula is C24H32N4O4. The molecule has 8 nitrogen and oxygen atoms in total. The molecule has 0 radical (unpaired) electrons. The number of nitrogens with zero attached hydrogens (tertiary/aromatic N) is 3. The maximum absolute atomic E-state index is 12.9. The maximum atomic E-state index is 12.9. The lowest BCUT2D eigenvalue weighted by molar-refractivity contribution is -0.133. The smallest absolute Gasteiger partial charge is 0.231 e. The number of carbonyl (C=O) groups excluding carboxylic acids is 2. The molecule has 4 rings (SSSR count). The fraction of sp³-hybridized carbons (Fsp3) is 0.542. The molecule has 0 spiro atoms. The molecule has 3 heterocycles. The van der Waals surface area contributed by atoms with Crippen molar-refractivity contribution in [2.75, 3.05) is 25.2 Å². The zero-order chi connectivity index (χ0) is 22.8. The fourth-order valence-electron chi connectivity index (χ4n) is 4.39. The first-order valence-corrected chi connectivity index (χ1v) is 11.3. The first kappa shape index (κ1) is 22.2. The Labute approximate surface area is 188 Å². The van der Waals surface area contributed by atoms with Gasteiger partial charge in [0.15, 0.2) is 11.5 Å². The molecule has 1 saturated heterocycles. The number of likely N-dealkylation sites (tertiary alicyclic amines) is 1. The summed E-state index contributed by atoms with van der Waals surface area (Å²) in [6, 6.07) is 5.39. The number of carbonyl (C=O) groups is 2. The van der Waals surface area contributed by atoms with Crippen LogP contribution in [0.15, 0.2) is 18.2 Å². The van der Waals surface area contributed by atoms with Gasteiger partial charge in [-0.3, -0.25) is 14.3 Å². The predicted molar refractivity (Wildman–Crippen MR) is 121 cm³/mol. The van der Waals surface area contributed by atoms with Crippen LogP contribution >= 0.6 is 0 Å². The van der Waals surface area contributed by atoms with Crippen LogP contribution in [0.3, 0.4) is 0 Å². The van der Waals surface area contributed by atoms with Gasteiger partial charge in [0.1, 0.15) is 0 Å². The van der Waals surface area contributed by atoms with Gasteiger partial charge in [-0.25, -0.2) is 0 Å². The van der Waals surface area contributed by atoms with E-state index in [0.717, 1.165) is 23.5 Å². The fourth-order valence-corrected chi connectivity index (χ4v) is 4.39. The number of ether oxygens (including phenoxy) is 2. The van der Waals surface area contributed by atoms with Crippen molar-refractivity contribution in [1.82, 2.24) is 14.7 Å². The molecule has 1 aromatic carbocycles. The van der Waals surface area contributed by atoms with Gasteiger partial charge in [-0.15, -0.1) is 0 Å². The van der Waals surface area contributed by atoms with Crippen molar-refractivity contribution in [2.24, 2.45) is 11.8 Å². The molecule has 1 N–H and O–H groups in total. The van der Waals surface area contributed by atoms with Gasteiger partial charge in [0, 0.05) is 48.6 Å². The van der Waals surface area contributed by atoms with Crippen molar-refractivity contribution < 1.29 is 19.1 Å². The van der Waals surface area contributed by atoms with Crippen LogP contribution < -0.4 is 14.8 Å². The van der Waals surface area contributed by atoms with Crippen molar-refractivity contribution in [1.29, 1.82) is 0 Å². The van der Waals surface area contributed by atoms with E-state index in [2.05, 4.69) is 24.3 Å². The number of anilines is 1. The summed E-state index contributed by atoms with van der Waals surface area (Å²) in [4.78, 5) is 27.5. The second kappa shape index (κ2) is 9.22. The van der Waals surface area contributed by atoms with Gasteiger partial charge >= 0.3 is 0 Å². The summed E-state index contributed by atoms with van der Waals surface area (Å²) in [7, 11) is 0. The molecule has 172 valence electrons. The van der Waals surface area contributed by atoms with Crippen molar-refractivity contribution in [2.45, 2.75) is 53.5 Å². The van der Waals surface area contributed by atoms with E-state index in [1.807, 2.05) is 29.5 Å². The first-order chi connectivity index (χ1) is 15.3. The Bertz CT molecular complexity index is 1010. The highest BCUT2D eigenvalue weighted by Gasteiger charge is 2.28. The van der Waals surface area contributed by atoms with Gasteiger partial charge in [-0.05, 0) is 44.7 Å². The molecule has 0 bridgehead atoms. The lowest BCUT2D eigenvalue weighted by atomic mass is 9.95. The van der Waals surface area contributed by atoms with Crippen LogP contribution in [-0.2, 0) is 22.6 Å². The second-order valence-corrected chi connectivity index (χ2v) is 9.11. The van der Waals surface area contributed by atoms with E-state index in [-0.39, 0.29) is 24.5 Å². The third kappa shape index (κ3) is 4.74. The number of benzene rings is 1. The molecule has 0 atom stereocenters. The average molecular weight is 441 g/mol. The highest BCUT2D eigenvalue weighted by molar-refractivity contribution is 5.93. The molecule has 1 fully saturated rings. The number of rotatable bonds is 6. The number of hydrogen-bond acceptors (Lipinski definition) is 5. The number of aromatic nitrogens is 2. The maximum Gasteiger partial charge on any atom is 0.231 e. The van der Waals surface area contributed by atoms with Crippen LogP contribution in [0.25, 0.3) is 0 Å². The van der Waals surface area contributed by atoms with E-state index < -0.39 is 0 Å². The Hall–Kier alpha value is -3.03. The largest absolute Gasteiger partial charge is 0.454 e. The van der Waals surface area contributed by atoms with Crippen molar-refractivity contribution in [3.8, 4) is 11.5 Å². The molecule has 2 amide bonds. The lowest BCUT2D eigenvalue weighted by Gasteiger charge is -2.31. The monoisotopic (exact) mass is 440 g/mol. The van der Waals surface area contributed by atoms with Gasteiger partial charge < -0.3 is 19.7 Å². The van der Waals surface area contributed by atoms with Gasteiger partial charge in [-0.1, -0.05) is 13.8 Å². The summed E-state index contributed by atoms with van der Waals surface area (Å²) in [5.74, 6) is 1.81. The first-order valence-electron chi connectivity index (χ1n) is 11.3. The van der Waals surface area contributed by atoms with Crippen LogP contribution in [-0.4, -0.2) is 46.4 Å². The number of aryl methyl sites for hydroxylation is 1. The summed E-state index contributed by atoms with van der Waals surface area (Å²) in [5, 5.41) is 7.59. The summed E-state index contributed by atoms with van der Waals surface area (Å²) in [6.45, 7) is 10.6.